The molecule has 0 fully saturated rings. The third-order valence-electron chi connectivity index (χ3n) is 2.18. The van der Waals surface area contributed by atoms with Crippen molar-refractivity contribution in [2.75, 3.05) is 0 Å². The lowest BCUT2D eigenvalue weighted by atomic mass is 9.94. The van der Waals surface area contributed by atoms with E-state index < -0.39 is 24.0 Å². The van der Waals surface area contributed by atoms with Crippen molar-refractivity contribution in [3.8, 4) is 0 Å². The third-order valence-corrected chi connectivity index (χ3v) is 2.18. The Morgan fingerprint density at radius 3 is 1.73 bits per heavy atom. The zero-order valence-corrected chi connectivity index (χ0v) is 7.92. The van der Waals surface area contributed by atoms with E-state index in [0.717, 1.165) is 17.7 Å². The fraction of sp³-hybridized carbons (Fsp3) is 0.400. The minimum absolute atomic E-state index is 0.474. The summed E-state index contributed by atoms with van der Waals surface area (Å²) in [4.78, 5) is 0. The first-order chi connectivity index (χ1) is 6.89. The molecule has 0 radical (unpaired) electrons. The summed E-state index contributed by atoms with van der Waals surface area (Å²) in [6, 6.07) is 4.94. The predicted molar refractivity (Wildman–Crippen MR) is 47.1 cm³/mol. The Labute approximate surface area is 84.3 Å². The van der Waals surface area contributed by atoms with Gasteiger partial charge < -0.3 is 5.11 Å². The van der Waals surface area contributed by atoms with Gasteiger partial charge in [-0.2, -0.15) is 0 Å². The summed E-state index contributed by atoms with van der Waals surface area (Å²) in [5.74, 6) is 0. The molecule has 1 nitrogen and oxygen atoms in total. The summed E-state index contributed by atoms with van der Waals surface area (Å²) in [6.45, 7) is 1.69. The first-order valence-electron chi connectivity index (χ1n) is 4.25. The van der Waals surface area contributed by atoms with Crippen LogP contribution in [0.4, 0.5) is 17.6 Å². The van der Waals surface area contributed by atoms with Crippen LogP contribution in [-0.2, 0) is 5.60 Å². The van der Waals surface area contributed by atoms with Crippen LogP contribution in [0.5, 0.6) is 0 Å². The van der Waals surface area contributed by atoms with E-state index in [0.29, 0.717) is 0 Å². The summed E-state index contributed by atoms with van der Waals surface area (Å²) in [5, 5.41) is 9.23. The van der Waals surface area contributed by atoms with Crippen molar-refractivity contribution in [3.63, 3.8) is 0 Å². The molecule has 0 saturated heterocycles. The number of alkyl halides is 4. The van der Waals surface area contributed by atoms with Gasteiger partial charge >= 0.3 is 0 Å². The van der Waals surface area contributed by atoms with Crippen LogP contribution < -0.4 is 0 Å². The highest BCUT2D eigenvalue weighted by Gasteiger charge is 2.48. The van der Waals surface area contributed by atoms with Gasteiger partial charge in [0, 0.05) is 0 Å². The molecule has 15 heavy (non-hydrogen) atoms. The van der Waals surface area contributed by atoms with Crippen molar-refractivity contribution in [1.29, 1.82) is 0 Å². The molecule has 0 bridgehead atoms. The van der Waals surface area contributed by atoms with Gasteiger partial charge in [-0.15, -0.1) is 0 Å². The summed E-state index contributed by atoms with van der Waals surface area (Å²) >= 11 is 0. The maximum atomic E-state index is 12.4. The summed E-state index contributed by atoms with van der Waals surface area (Å²) < 4.78 is 49.6. The van der Waals surface area contributed by atoms with Crippen molar-refractivity contribution >= 4 is 0 Å². The van der Waals surface area contributed by atoms with Gasteiger partial charge in [-0.05, 0) is 12.5 Å². The summed E-state index contributed by atoms with van der Waals surface area (Å²) in [5.41, 5.74) is -3.11. The molecule has 0 aromatic heterocycles. The van der Waals surface area contributed by atoms with Crippen molar-refractivity contribution < 1.29 is 22.7 Å². The molecule has 0 unspecified atom stereocenters. The number of aryl methyl sites for hydroxylation is 1. The minimum atomic E-state index is -3.53. The quantitative estimate of drug-likeness (QED) is 0.779. The number of hydrogen-bond donors (Lipinski definition) is 1. The topological polar surface area (TPSA) is 20.2 Å². The highest BCUT2D eigenvalue weighted by atomic mass is 19.3. The van der Waals surface area contributed by atoms with Crippen LogP contribution in [-0.4, -0.2) is 18.0 Å². The second-order valence-corrected chi connectivity index (χ2v) is 3.29. The highest BCUT2D eigenvalue weighted by molar-refractivity contribution is 5.27. The second-order valence-electron chi connectivity index (χ2n) is 3.29. The number of aliphatic hydroxyl groups is 1. The average Bonchev–Trinajstić information content (AvgIpc) is 2.17. The number of hydrogen-bond acceptors (Lipinski definition) is 1. The van der Waals surface area contributed by atoms with E-state index in [4.69, 9.17) is 0 Å². The Hall–Kier alpha value is -1.10. The predicted octanol–water partition coefficient (Wildman–Crippen LogP) is 2.71. The molecule has 0 heterocycles. The number of rotatable bonds is 3. The molecular weight excluding hydrogens is 212 g/mol. The van der Waals surface area contributed by atoms with Gasteiger partial charge in [0.25, 0.3) is 12.9 Å². The summed E-state index contributed by atoms with van der Waals surface area (Å²) in [7, 11) is 0. The second kappa shape index (κ2) is 4.18. The van der Waals surface area contributed by atoms with E-state index in [1.165, 1.54) is 12.1 Å². The van der Waals surface area contributed by atoms with Crippen molar-refractivity contribution in [1.82, 2.24) is 0 Å². The SMILES string of the molecule is Cc1ccc(C(O)(C(F)F)C(F)F)cc1. The van der Waals surface area contributed by atoms with Crippen LogP contribution in [0.1, 0.15) is 11.1 Å². The molecule has 0 aliphatic carbocycles. The molecule has 0 saturated carbocycles. The first kappa shape index (κ1) is 12.0. The largest absolute Gasteiger partial charge is 0.374 e. The smallest absolute Gasteiger partial charge is 0.276 e. The number of benzene rings is 1. The Morgan fingerprint density at radius 1 is 1.00 bits per heavy atom. The van der Waals surface area contributed by atoms with Crippen molar-refractivity contribution in [2.45, 2.75) is 25.4 Å². The zero-order chi connectivity index (χ0) is 11.6. The lowest BCUT2D eigenvalue weighted by Crippen LogP contribution is -2.41. The van der Waals surface area contributed by atoms with E-state index in [2.05, 4.69) is 0 Å². The van der Waals surface area contributed by atoms with E-state index in [-0.39, 0.29) is 0 Å². The molecule has 0 amide bonds. The molecule has 0 aliphatic rings. The van der Waals surface area contributed by atoms with E-state index in [1.807, 2.05) is 0 Å². The molecule has 5 heteroatoms. The Bertz CT molecular complexity index is 313. The Kier molecular flexibility index (Phi) is 3.34. The van der Waals surface area contributed by atoms with Crippen LogP contribution in [0.15, 0.2) is 24.3 Å². The highest BCUT2D eigenvalue weighted by Crippen LogP contribution is 2.34. The number of halogens is 4. The van der Waals surface area contributed by atoms with Gasteiger partial charge in [0.15, 0.2) is 0 Å². The van der Waals surface area contributed by atoms with Gasteiger partial charge in [-0.25, -0.2) is 17.6 Å². The van der Waals surface area contributed by atoms with Gasteiger partial charge in [0.2, 0.25) is 5.60 Å². The standard InChI is InChI=1S/C10H10F4O/c1-6-2-4-7(5-3-6)10(15,8(11)12)9(13)14/h2-5,8-9,15H,1H3. The molecule has 0 spiro atoms. The molecule has 0 atom stereocenters. The van der Waals surface area contributed by atoms with Crippen LogP contribution in [0.3, 0.4) is 0 Å². The van der Waals surface area contributed by atoms with E-state index in [1.54, 1.807) is 6.92 Å². The van der Waals surface area contributed by atoms with Gasteiger partial charge in [-0.1, -0.05) is 29.8 Å². The third kappa shape index (κ3) is 2.12. The van der Waals surface area contributed by atoms with Gasteiger partial charge in [0.1, 0.15) is 0 Å². The molecule has 0 aliphatic heterocycles. The van der Waals surface area contributed by atoms with Crippen LogP contribution in [0.2, 0.25) is 0 Å². The van der Waals surface area contributed by atoms with Crippen LogP contribution in [0, 0.1) is 6.92 Å². The molecule has 1 aromatic carbocycles. The summed E-state index contributed by atoms with van der Waals surface area (Å²) in [6.07, 6.45) is -7.06. The van der Waals surface area contributed by atoms with Gasteiger partial charge in [0.05, 0.1) is 0 Å². The fourth-order valence-corrected chi connectivity index (χ4v) is 1.17. The first-order valence-corrected chi connectivity index (χ1v) is 4.25. The Balaban J connectivity index is 3.16. The molecule has 1 aromatic rings. The van der Waals surface area contributed by atoms with E-state index in [9.17, 15) is 22.7 Å². The molecule has 1 rings (SSSR count). The fourth-order valence-electron chi connectivity index (χ4n) is 1.17. The molecule has 1 N–H and O–H groups in total. The normalized spacial score (nSPS) is 12.5. The minimum Gasteiger partial charge on any atom is -0.374 e. The van der Waals surface area contributed by atoms with Crippen LogP contribution in [0.25, 0.3) is 0 Å². The lowest BCUT2D eigenvalue weighted by Gasteiger charge is -2.26. The van der Waals surface area contributed by atoms with Crippen LogP contribution >= 0.6 is 0 Å². The monoisotopic (exact) mass is 222 g/mol. The van der Waals surface area contributed by atoms with E-state index >= 15 is 0 Å². The maximum Gasteiger partial charge on any atom is 0.276 e. The van der Waals surface area contributed by atoms with Gasteiger partial charge in [-0.3, -0.25) is 0 Å². The molecular formula is C10H10F4O. The molecule has 84 valence electrons. The maximum absolute atomic E-state index is 12.4. The van der Waals surface area contributed by atoms with Crippen molar-refractivity contribution in [3.05, 3.63) is 35.4 Å². The average molecular weight is 222 g/mol. The zero-order valence-electron chi connectivity index (χ0n) is 7.92. The van der Waals surface area contributed by atoms with Crippen molar-refractivity contribution in [2.24, 2.45) is 0 Å². The lowest BCUT2D eigenvalue weighted by molar-refractivity contribution is -0.183. The Morgan fingerprint density at radius 2 is 1.40 bits per heavy atom.